The van der Waals surface area contributed by atoms with E-state index in [9.17, 15) is 17.6 Å². The van der Waals surface area contributed by atoms with E-state index in [1.165, 1.54) is 42.4 Å². The van der Waals surface area contributed by atoms with Crippen LogP contribution in [0.3, 0.4) is 0 Å². The zero-order valence-electron chi connectivity index (χ0n) is 13.3. The predicted molar refractivity (Wildman–Crippen MR) is 83.9 cm³/mol. The summed E-state index contributed by atoms with van der Waals surface area (Å²) in [6.45, 7) is 3.39. The number of amides is 1. The lowest BCUT2D eigenvalue weighted by atomic mass is 10.00. The van der Waals surface area contributed by atoms with Crippen molar-refractivity contribution < 1.29 is 17.6 Å². The molecule has 1 heterocycles. The van der Waals surface area contributed by atoms with Gasteiger partial charge in [0.25, 0.3) is 0 Å². The second-order valence-electron chi connectivity index (χ2n) is 5.83. The molecule has 1 atom stereocenters. The van der Waals surface area contributed by atoms with Crippen molar-refractivity contribution in [3.63, 3.8) is 0 Å². The van der Waals surface area contributed by atoms with Gasteiger partial charge in [0.1, 0.15) is 5.82 Å². The minimum absolute atomic E-state index is 0.312. The van der Waals surface area contributed by atoms with E-state index < -0.39 is 21.2 Å². The first-order valence-corrected chi connectivity index (χ1v) is 8.68. The van der Waals surface area contributed by atoms with Crippen LogP contribution in [0.25, 0.3) is 0 Å². The van der Waals surface area contributed by atoms with Gasteiger partial charge in [-0.3, -0.25) is 9.10 Å². The summed E-state index contributed by atoms with van der Waals surface area (Å²) >= 11 is 0. The van der Waals surface area contributed by atoms with Crippen LogP contribution < -0.4 is 4.31 Å². The maximum absolute atomic E-state index is 13.5. The number of aryl methyl sites for hydroxylation is 2. The number of halogens is 1. The number of hydrogen-bond acceptors (Lipinski definition) is 3. The number of rotatable bonds is 3. The molecule has 2 rings (SSSR count). The Labute approximate surface area is 130 Å². The molecule has 0 bridgehead atoms. The molecule has 1 aromatic carbocycles. The quantitative estimate of drug-likeness (QED) is 0.848. The highest BCUT2D eigenvalue weighted by molar-refractivity contribution is 7.94. The number of nitrogens with zero attached hydrogens (tertiary/aromatic N) is 2. The Morgan fingerprint density at radius 3 is 2.59 bits per heavy atom. The number of anilines is 1. The van der Waals surface area contributed by atoms with Gasteiger partial charge >= 0.3 is 0 Å². The summed E-state index contributed by atoms with van der Waals surface area (Å²) in [4.78, 5) is 13.3. The van der Waals surface area contributed by atoms with Gasteiger partial charge in [0.15, 0.2) is 5.25 Å². The number of hydrogen-bond donors (Lipinski definition) is 0. The first-order valence-electron chi connectivity index (χ1n) is 7.18. The molecule has 0 fully saturated rings. The first kappa shape index (κ1) is 16.7. The average molecular weight is 328 g/mol. The molecule has 1 aliphatic heterocycles. The summed E-state index contributed by atoms with van der Waals surface area (Å²) in [5.74, 6) is -0.834. The molecule has 0 radical (unpaired) electrons. The summed E-state index contributed by atoms with van der Waals surface area (Å²) in [6.07, 6.45) is 1.24. The highest BCUT2D eigenvalue weighted by Gasteiger charge is 2.37. The Kier molecular flexibility index (Phi) is 4.47. The SMILES string of the molecule is Cc1cc(F)cc2c1N(S(=O)(=O)[C@H](C)C(=O)N(C)C)CCC2. The lowest BCUT2D eigenvalue weighted by molar-refractivity contribution is -0.127. The lowest BCUT2D eigenvalue weighted by Gasteiger charge is -2.34. The van der Waals surface area contributed by atoms with Gasteiger partial charge in [-0.05, 0) is 49.9 Å². The van der Waals surface area contributed by atoms with Crippen LogP contribution in [-0.2, 0) is 21.2 Å². The van der Waals surface area contributed by atoms with E-state index in [2.05, 4.69) is 0 Å². The predicted octanol–water partition coefficient (Wildman–Crippen LogP) is 1.69. The number of benzene rings is 1. The first-order chi connectivity index (χ1) is 10.2. The third-order valence-corrected chi connectivity index (χ3v) is 6.02. The van der Waals surface area contributed by atoms with Crippen LogP contribution in [0, 0.1) is 12.7 Å². The van der Waals surface area contributed by atoms with E-state index >= 15 is 0 Å². The number of sulfonamides is 1. The molecular weight excluding hydrogens is 307 g/mol. The van der Waals surface area contributed by atoms with Crippen molar-refractivity contribution in [1.82, 2.24) is 4.90 Å². The van der Waals surface area contributed by atoms with Crippen molar-refractivity contribution in [3.8, 4) is 0 Å². The van der Waals surface area contributed by atoms with Gasteiger partial charge in [0, 0.05) is 20.6 Å². The number of carbonyl (C=O) groups is 1. The smallest absolute Gasteiger partial charge is 0.246 e. The van der Waals surface area contributed by atoms with Gasteiger partial charge in [-0.2, -0.15) is 0 Å². The van der Waals surface area contributed by atoms with Gasteiger partial charge in [0.05, 0.1) is 5.69 Å². The summed E-state index contributed by atoms with van der Waals surface area (Å²) < 4.78 is 40.4. The van der Waals surface area contributed by atoms with E-state index in [1.54, 1.807) is 6.92 Å². The molecular formula is C15H21FN2O3S. The lowest BCUT2D eigenvalue weighted by Crippen LogP contribution is -2.47. The molecule has 122 valence electrons. The molecule has 7 heteroatoms. The Balaban J connectivity index is 2.50. The zero-order chi connectivity index (χ0) is 16.7. The van der Waals surface area contributed by atoms with Crippen LogP contribution in [0.5, 0.6) is 0 Å². The fraction of sp³-hybridized carbons (Fsp3) is 0.533. The largest absolute Gasteiger partial charge is 0.348 e. The van der Waals surface area contributed by atoms with Crippen molar-refractivity contribution in [2.45, 2.75) is 31.9 Å². The van der Waals surface area contributed by atoms with Crippen molar-refractivity contribution >= 4 is 21.6 Å². The molecule has 0 spiro atoms. The van der Waals surface area contributed by atoms with Crippen molar-refractivity contribution in [1.29, 1.82) is 0 Å². The molecule has 0 unspecified atom stereocenters. The summed E-state index contributed by atoms with van der Waals surface area (Å²) in [5.41, 5.74) is 1.77. The van der Waals surface area contributed by atoms with Crippen LogP contribution in [0.2, 0.25) is 0 Å². The maximum atomic E-state index is 13.5. The standard InChI is InChI=1S/C15H21FN2O3S/c1-10-8-13(16)9-12-6-5-7-18(14(10)12)22(20,21)11(2)15(19)17(3)4/h8-9,11H,5-7H2,1-4H3/t11-/m1/s1. The normalized spacial score (nSPS) is 16.1. The van der Waals surface area contributed by atoms with Gasteiger partial charge in [-0.25, -0.2) is 12.8 Å². The Hall–Kier alpha value is -1.63. The summed E-state index contributed by atoms with van der Waals surface area (Å²) in [6, 6.07) is 2.70. The molecule has 0 N–H and O–H groups in total. The summed E-state index contributed by atoms with van der Waals surface area (Å²) in [5, 5.41) is -1.17. The van der Waals surface area contributed by atoms with E-state index in [4.69, 9.17) is 0 Å². The minimum atomic E-state index is -3.84. The number of fused-ring (bicyclic) bond motifs is 1. The molecule has 1 aromatic rings. The van der Waals surface area contributed by atoms with Crippen LogP contribution in [0.1, 0.15) is 24.5 Å². The maximum Gasteiger partial charge on any atom is 0.246 e. The highest BCUT2D eigenvalue weighted by Crippen LogP contribution is 2.34. The Bertz CT molecular complexity index is 701. The second kappa shape index (κ2) is 5.87. The topological polar surface area (TPSA) is 57.7 Å². The molecule has 5 nitrogen and oxygen atoms in total. The van der Waals surface area contributed by atoms with Gasteiger partial charge in [0.2, 0.25) is 15.9 Å². The fourth-order valence-electron chi connectivity index (χ4n) is 2.81. The Morgan fingerprint density at radius 1 is 1.36 bits per heavy atom. The van der Waals surface area contributed by atoms with Crippen LogP contribution in [0.15, 0.2) is 12.1 Å². The van der Waals surface area contributed by atoms with Crippen molar-refractivity contribution in [3.05, 3.63) is 29.1 Å². The molecule has 0 aromatic heterocycles. The van der Waals surface area contributed by atoms with Crippen molar-refractivity contribution in [2.24, 2.45) is 0 Å². The van der Waals surface area contributed by atoms with Crippen molar-refractivity contribution in [2.75, 3.05) is 24.9 Å². The van der Waals surface area contributed by atoms with Crippen LogP contribution in [0.4, 0.5) is 10.1 Å². The zero-order valence-corrected chi connectivity index (χ0v) is 14.1. The van der Waals surface area contributed by atoms with E-state index in [0.717, 1.165) is 0 Å². The van der Waals surface area contributed by atoms with Gasteiger partial charge < -0.3 is 4.90 Å². The van der Waals surface area contributed by atoms with E-state index in [1.807, 2.05) is 0 Å². The molecule has 22 heavy (non-hydrogen) atoms. The Morgan fingerprint density at radius 2 is 2.00 bits per heavy atom. The third kappa shape index (κ3) is 2.82. The monoisotopic (exact) mass is 328 g/mol. The fourth-order valence-corrected chi connectivity index (χ4v) is 4.56. The molecule has 0 saturated heterocycles. The van der Waals surface area contributed by atoms with Crippen LogP contribution >= 0.6 is 0 Å². The average Bonchev–Trinajstić information content (AvgIpc) is 2.44. The third-order valence-electron chi connectivity index (χ3n) is 3.94. The second-order valence-corrected chi connectivity index (χ2v) is 8.00. The van der Waals surface area contributed by atoms with E-state index in [-0.39, 0.29) is 5.82 Å². The van der Waals surface area contributed by atoms with Gasteiger partial charge in [-0.1, -0.05) is 0 Å². The summed E-state index contributed by atoms with van der Waals surface area (Å²) in [7, 11) is -0.782. The molecule has 0 aliphatic carbocycles. The highest BCUT2D eigenvalue weighted by atomic mass is 32.2. The molecule has 0 saturated carbocycles. The number of carbonyl (C=O) groups excluding carboxylic acids is 1. The minimum Gasteiger partial charge on any atom is -0.348 e. The molecule has 1 amide bonds. The van der Waals surface area contributed by atoms with Crippen LogP contribution in [-0.4, -0.2) is 45.1 Å². The molecule has 1 aliphatic rings. The van der Waals surface area contributed by atoms with Gasteiger partial charge in [-0.15, -0.1) is 0 Å². The van der Waals surface area contributed by atoms with E-state index in [0.29, 0.717) is 36.2 Å².